The Labute approximate surface area is 101 Å². The van der Waals surface area contributed by atoms with Crippen LogP contribution in [0.2, 0.25) is 0 Å². The van der Waals surface area contributed by atoms with E-state index in [-0.39, 0.29) is 0 Å². The van der Waals surface area contributed by atoms with Crippen LogP contribution in [0, 0.1) is 5.41 Å². The van der Waals surface area contributed by atoms with E-state index in [0.717, 1.165) is 25.3 Å². The molecule has 1 saturated carbocycles. The van der Waals surface area contributed by atoms with Crippen molar-refractivity contribution in [3.05, 3.63) is 23.9 Å². The maximum atomic E-state index is 10.9. The number of pyridine rings is 1. The fraction of sp³-hybridized carbons (Fsp3) is 0.500. The predicted molar refractivity (Wildman–Crippen MR) is 66.6 cm³/mol. The van der Waals surface area contributed by atoms with E-state index in [1.807, 2.05) is 0 Å². The van der Waals surface area contributed by atoms with Gasteiger partial charge in [0.05, 0.1) is 5.56 Å². The Morgan fingerprint density at radius 1 is 1.47 bits per heavy atom. The molecule has 1 heterocycles. The van der Waals surface area contributed by atoms with E-state index >= 15 is 0 Å². The maximum absolute atomic E-state index is 10.9. The predicted octanol–water partition coefficient (Wildman–Crippen LogP) is 0.721. The molecule has 1 aromatic heterocycles. The third-order valence-corrected chi connectivity index (χ3v) is 3.32. The lowest BCUT2D eigenvalue weighted by Gasteiger charge is -2.15. The summed E-state index contributed by atoms with van der Waals surface area (Å²) in [4.78, 5) is 15.0. The number of nitrogens with two attached hydrogens (primary N) is 2. The first kappa shape index (κ1) is 11.9. The fourth-order valence-corrected chi connectivity index (χ4v) is 1.92. The summed E-state index contributed by atoms with van der Waals surface area (Å²) >= 11 is 0. The summed E-state index contributed by atoms with van der Waals surface area (Å²) < 4.78 is 0. The molecular weight excluding hydrogens is 216 g/mol. The van der Waals surface area contributed by atoms with E-state index in [2.05, 4.69) is 10.3 Å². The van der Waals surface area contributed by atoms with Crippen molar-refractivity contribution in [1.29, 1.82) is 0 Å². The van der Waals surface area contributed by atoms with E-state index in [4.69, 9.17) is 11.5 Å². The number of primary amides is 1. The van der Waals surface area contributed by atoms with E-state index in [0.29, 0.717) is 11.0 Å². The monoisotopic (exact) mass is 234 g/mol. The molecule has 0 unspecified atom stereocenters. The van der Waals surface area contributed by atoms with Crippen molar-refractivity contribution in [2.75, 3.05) is 18.4 Å². The van der Waals surface area contributed by atoms with Crippen LogP contribution in [0.1, 0.15) is 29.6 Å². The fourth-order valence-electron chi connectivity index (χ4n) is 1.92. The van der Waals surface area contributed by atoms with Crippen LogP contribution in [0.5, 0.6) is 0 Å². The van der Waals surface area contributed by atoms with Crippen LogP contribution < -0.4 is 16.8 Å². The van der Waals surface area contributed by atoms with Crippen LogP contribution in [0.4, 0.5) is 5.82 Å². The standard InChI is InChI=1S/C12H18N4O/c13-6-5-12(3-4-12)8-16-10-2-1-9(7-15-10)11(14)17/h1-2,7H,3-6,8,13H2,(H2,14,17)(H,15,16). The smallest absolute Gasteiger partial charge is 0.250 e. The molecule has 92 valence electrons. The van der Waals surface area contributed by atoms with Crippen LogP contribution >= 0.6 is 0 Å². The quantitative estimate of drug-likeness (QED) is 0.676. The van der Waals surface area contributed by atoms with E-state index in [1.54, 1.807) is 12.1 Å². The first-order valence-corrected chi connectivity index (χ1v) is 5.85. The number of carbonyl (C=O) groups is 1. The molecule has 0 spiro atoms. The second-order valence-electron chi connectivity index (χ2n) is 4.69. The Bertz CT molecular complexity index is 397. The van der Waals surface area contributed by atoms with Crippen molar-refractivity contribution in [2.45, 2.75) is 19.3 Å². The molecule has 2 rings (SSSR count). The molecule has 5 heteroatoms. The maximum Gasteiger partial charge on any atom is 0.250 e. The molecule has 1 aromatic rings. The number of carbonyl (C=O) groups excluding carboxylic acids is 1. The minimum atomic E-state index is -0.453. The number of nitrogens with one attached hydrogen (secondary N) is 1. The van der Waals surface area contributed by atoms with Gasteiger partial charge in [-0.15, -0.1) is 0 Å². The van der Waals surface area contributed by atoms with Crippen molar-refractivity contribution in [3.8, 4) is 0 Å². The van der Waals surface area contributed by atoms with Crippen LogP contribution in [0.25, 0.3) is 0 Å². The molecule has 0 aromatic carbocycles. The van der Waals surface area contributed by atoms with Crippen LogP contribution in [-0.4, -0.2) is 24.0 Å². The van der Waals surface area contributed by atoms with Gasteiger partial charge in [-0.05, 0) is 43.4 Å². The minimum absolute atomic E-state index is 0.374. The van der Waals surface area contributed by atoms with Crippen molar-refractivity contribution in [3.63, 3.8) is 0 Å². The zero-order valence-electron chi connectivity index (χ0n) is 9.78. The molecule has 5 N–H and O–H groups in total. The number of nitrogens with zero attached hydrogens (tertiary/aromatic N) is 1. The molecular formula is C12H18N4O. The number of anilines is 1. The van der Waals surface area contributed by atoms with Crippen LogP contribution in [-0.2, 0) is 0 Å². The molecule has 0 bridgehead atoms. The van der Waals surface area contributed by atoms with Gasteiger partial charge < -0.3 is 16.8 Å². The van der Waals surface area contributed by atoms with Crippen LogP contribution in [0.15, 0.2) is 18.3 Å². The Hall–Kier alpha value is -1.62. The normalized spacial score (nSPS) is 16.5. The summed E-state index contributed by atoms with van der Waals surface area (Å²) in [7, 11) is 0. The van der Waals surface area contributed by atoms with Crippen molar-refractivity contribution in [2.24, 2.45) is 16.9 Å². The van der Waals surface area contributed by atoms with Gasteiger partial charge in [0.2, 0.25) is 5.91 Å². The summed E-state index contributed by atoms with van der Waals surface area (Å²) in [5.41, 5.74) is 11.5. The summed E-state index contributed by atoms with van der Waals surface area (Å²) in [6.07, 6.45) is 5.01. The summed E-state index contributed by atoms with van der Waals surface area (Å²) in [5.74, 6) is 0.323. The third kappa shape index (κ3) is 2.94. The zero-order chi connectivity index (χ0) is 12.3. The van der Waals surface area contributed by atoms with Gasteiger partial charge in [0.25, 0.3) is 0 Å². The molecule has 5 nitrogen and oxygen atoms in total. The van der Waals surface area contributed by atoms with Gasteiger partial charge >= 0.3 is 0 Å². The van der Waals surface area contributed by atoms with E-state index in [1.165, 1.54) is 19.0 Å². The SMILES string of the molecule is NCCC1(CNc2ccc(C(N)=O)cn2)CC1. The van der Waals surface area contributed by atoms with Gasteiger partial charge in [-0.3, -0.25) is 4.79 Å². The Morgan fingerprint density at radius 2 is 2.24 bits per heavy atom. The number of aromatic nitrogens is 1. The Kier molecular flexibility index (Phi) is 3.28. The first-order chi connectivity index (χ1) is 8.15. The average molecular weight is 234 g/mol. The topological polar surface area (TPSA) is 94.0 Å². The molecule has 1 amide bonds. The number of amides is 1. The molecule has 17 heavy (non-hydrogen) atoms. The number of hydrogen-bond donors (Lipinski definition) is 3. The molecule has 1 aliphatic rings. The van der Waals surface area contributed by atoms with E-state index < -0.39 is 5.91 Å². The van der Waals surface area contributed by atoms with Crippen LogP contribution in [0.3, 0.4) is 0 Å². The minimum Gasteiger partial charge on any atom is -0.370 e. The van der Waals surface area contributed by atoms with Gasteiger partial charge in [0.15, 0.2) is 0 Å². The average Bonchev–Trinajstić information content (AvgIpc) is 3.08. The highest BCUT2D eigenvalue weighted by atomic mass is 16.1. The van der Waals surface area contributed by atoms with Gasteiger partial charge in [-0.25, -0.2) is 4.98 Å². The van der Waals surface area contributed by atoms with Gasteiger partial charge in [0, 0.05) is 12.7 Å². The largest absolute Gasteiger partial charge is 0.370 e. The molecule has 1 fully saturated rings. The second kappa shape index (κ2) is 4.71. The molecule has 0 radical (unpaired) electrons. The van der Waals surface area contributed by atoms with Crippen molar-refractivity contribution < 1.29 is 4.79 Å². The van der Waals surface area contributed by atoms with E-state index in [9.17, 15) is 4.79 Å². The highest BCUT2D eigenvalue weighted by molar-refractivity contribution is 5.92. The number of rotatable bonds is 6. The number of hydrogen-bond acceptors (Lipinski definition) is 4. The summed E-state index contributed by atoms with van der Waals surface area (Å²) in [5, 5.41) is 3.28. The van der Waals surface area contributed by atoms with Gasteiger partial charge in [-0.2, -0.15) is 0 Å². The molecule has 0 atom stereocenters. The van der Waals surface area contributed by atoms with Crippen molar-refractivity contribution >= 4 is 11.7 Å². The first-order valence-electron chi connectivity index (χ1n) is 5.85. The summed E-state index contributed by atoms with van der Waals surface area (Å²) in [6, 6.07) is 3.46. The highest BCUT2D eigenvalue weighted by Crippen LogP contribution is 2.48. The Morgan fingerprint density at radius 3 is 2.71 bits per heavy atom. The highest BCUT2D eigenvalue weighted by Gasteiger charge is 2.41. The lowest BCUT2D eigenvalue weighted by molar-refractivity contribution is 0.1000. The molecule has 0 aliphatic heterocycles. The zero-order valence-corrected chi connectivity index (χ0v) is 9.78. The Balaban J connectivity index is 1.89. The second-order valence-corrected chi connectivity index (χ2v) is 4.69. The van der Waals surface area contributed by atoms with Gasteiger partial charge in [-0.1, -0.05) is 0 Å². The molecule has 0 saturated heterocycles. The van der Waals surface area contributed by atoms with Gasteiger partial charge in [0.1, 0.15) is 5.82 Å². The lowest BCUT2D eigenvalue weighted by Crippen LogP contribution is -2.19. The molecule has 1 aliphatic carbocycles. The lowest BCUT2D eigenvalue weighted by atomic mass is 10.0. The van der Waals surface area contributed by atoms with Crippen molar-refractivity contribution in [1.82, 2.24) is 4.98 Å². The summed E-state index contributed by atoms with van der Waals surface area (Å²) in [6.45, 7) is 1.63. The third-order valence-electron chi connectivity index (χ3n) is 3.32.